The van der Waals surface area contributed by atoms with Crippen LogP contribution >= 0.6 is 23.2 Å². The minimum atomic E-state index is -0.134. The number of nitrogens with zero attached hydrogens (tertiary/aromatic N) is 2. The highest BCUT2D eigenvalue weighted by Gasteiger charge is 2.20. The molecular formula is C26H27Cl2N3O. The molecule has 1 amide bonds. The Balaban J connectivity index is 1.37. The molecule has 0 bridgehead atoms. The molecule has 1 heterocycles. The van der Waals surface area contributed by atoms with Gasteiger partial charge in [0.1, 0.15) is 0 Å². The first-order chi connectivity index (χ1) is 15.4. The fourth-order valence-electron chi connectivity index (χ4n) is 3.94. The molecule has 0 spiro atoms. The number of nitrogens with one attached hydrogen (secondary N) is 1. The van der Waals surface area contributed by atoms with Gasteiger partial charge in [-0.15, -0.1) is 0 Å². The summed E-state index contributed by atoms with van der Waals surface area (Å²) in [5.41, 5.74) is 5.75. The minimum absolute atomic E-state index is 0.134. The molecule has 1 aliphatic heterocycles. The molecule has 0 aromatic heterocycles. The molecule has 6 heteroatoms. The zero-order valence-corrected chi connectivity index (χ0v) is 19.9. The maximum Gasteiger partial charge on any atom is 0.255 e. The molecule has 1 aliphatic rings. The van der Waals surface area contributed by atoms with E-state index in [2.05, 4.69) is 21.2 Å². The average molecular weight is 468 g/mol. The SMILES string of the molecule is Cc1ccc(C(=O)Nc2ccc(N3CCN(Cc4ccccc4Cl)CC3)c(Cl)c2)cc1C. The molecule has 32 heavy (non-hydrogen) atoms. The number of piperazine rings is 1. The molecule has 3 aromatic rings. The fourth-order valence-corrected chi connectivity index (χ4v) is 4.44. The summed E-state index contributed by atoms with van der Waals surface area (Å²) in [4.78, 5) is 17.3. The van der Waals surface area contributed by atoms with E-state index in [-0.39, 0.29) is 5.91 Å². The van der Waals surface area contributed by atoms with Crippen LogP contribution in [0, 0.1) is 13.8 Å². The quantitative estimate of drug-likeness (QED) is 0.486. The lowest BCUT2D eigenvalue weighted by molar-refractivity contribution is 0.102. The van der Waals surface area contributed by atoms with Crippen molar-refractivity contribution in [2.75, 3.05) is 36.4 Å². The Bertz CT molecular complexity index is 1120. The van der Waals surface area contributed by atoms with Crippen LogP contribution in [0.3, 0.4) is 0 Å². The van der Waals surface area contributed by atoms with Crippen LogP contribution in [0.4, 0.5) is 11.4 Å². The topological polar surface area (TPSA) is 35.6 Å². The number of aryl methyl sites for hydroxylation is 2. The van der Waals surface area contributed by atoms with E-state index in [0.717, 1.165) is 54.6 Å². The van der Waals surface area contributed by atoms with Crippen LogP contribution in [0.1, 0.15) is 27.0 Å². The van der Waals surface area contributed by atoms with E-state index in [1.54, 1.807) is 0 Å². The lowest BCUT2D eigenvalue weighted by Gasteiger charge is -2.36. The summed E-state index contributed by atoms with van der Waals surface area (Å²) < 4.78 is 0. The standard InChI is InChI=1S/C26H27Cl2N3O/c1-18-7-8-20(15-19(18)2)26(32)29-22-9-10-25(24(28)16-22)31-13-11-30(12-14-31)17-21-5-3-4-6-23(21)27/h3-10,15-16H,11-14,17H2,1-2H3,(H,29,32). The summed E-state index contributed by atoms with van der Waals surface area (Å²) in [5.74, 6) is -0.134. The monoisotopic (exact) mass is 467 g/mol. The van der Waals surface area contributed by atoms with Crippen molar-refractivity contribution in [3.63, 3.8) is 0 Å². The summed E-state index contributed by atoms with van der Waals surface area (Å²) >= 11 is 12.9. The van der Waals surface area contributed by atoms with Gasteiger partial charge in [-0.25, -0.2) is 0 Å². The van der Waals surface area contributed by atoms with Crippen LogP contribution in [0.15, 0.2) is 60.7 Å². The molecule has 0 atom stereocenters. The van der Waals surface area contributed by atoms with Gasteiger partial charge in [0.2, 0.25) is 0 Å². The van der Waals surface area contributed by atoms with E-state index in [4.69, 9.17) is 23.2 Å². The second kappa shape index (κ2) is 9.95. The number of amides is 1. The number of hydrogen-bond donors (Lipinski definition) is 1. The Labute approximate surface area is 199 Å². The van der Waals surface area contributed by atoms with Crippen LogP contribution in [0.5, 0.6) is 0 Å². The summed E-state index contributed by atoms with van der Waals surface area (Å²) in [6, 6.07) is 19.4. The number of halogens is 2. The first-order valence-electron chi connectivity index (χ1n) is 10.8. The van der Waals surface area contributed by atoms with Gasteiger partial charge in [0.05, 0.1) is 10.7 Å². The van der Waals surface area contributed by atoms with Crippen molar-refractivity contribution < 1.29 is 4.79 Å². The molecule has 166 valence electrons. The maximum absolute atomic E-state index is 12.6. The minimum Gasteiger partial charge on any atom is -0.368 e. The molecule has 1 N–H and O–H groups in total. The Hall–Kier alpha value is -2.53. The Morgan fingerprint density at radius 2 is 1.62 bits per heavy atom. The van der Waals surface area contributed by atoms with Gasteiger partial charge in [-0.1, -0.05) is 47.5 Å². The molecule has 1 saturated heterocycles. The van der Waals surface area contributed by atoms with Crippen LogP contribution in [0.25, 0.3) is 0 Å². The molecule has 4 nitrogen and oxygen atoms in total. The predicted octanol–water partition coefficient (Wildman–Crippen LogP) is 6.18. The van der Waals surface area contributed by atoms with E-state index in [0.29, 0.717) is 16.3 Å². The maximum atomic E-state index is 12.6. The predicted molar refractivity (Wildman–Crippen MR) is 134 cm³/mol. The highest BCUT2D eigenvalue weighted by Crippen LogP contribution is 2.30. The third kappa shape index (κ3) is 5.26. The van der Waals surface area contributed by atoms with Crippen LogP contribution in [-0.2, 0) is 6.54 Å². The molecule has 0 unspecified atom stereocenters. The van der Waals surface area contributed by atoms with E-state index < -0.39 is 0 Å². The summed E-state index contributed by atoms with van der Waals surface area (Å²) in [7, 11) is 0. The number of carbonyl (C=O) groups is 1. The Kier molecular flexibility index (Phi) is 7.04. The zero-order valence-electron chi connectivity index (χ0n) is 18.4. The lowest BCUT2D eigenvalue weighted by atomic mass is 10.1. The zero-order chi connectivity index (χ0) is 22.7. The first-order valence-corrected chi connectivity index (χ1v) is 11.5. The van der Waals surface area contributed by atoms with Crippen molar-refractivity contribution in [3.8, 4) is 0 Å². The molecule has 4 rings (SSSR count). The van der Waals surface area contributed by atoms with E-state index >= 15 is 0 Å². The molecule has 0 aliphatic carbocycles. The van der Waals surface area contributed by atoms with Gasteiger partial charge in [-0.05, 0) is 66.9 Å². The lowest BCUT2D eigenvalue weighted by Crippen LogP contribution is -2.46. The van der Waals surface area contributed by atoms with Gasteiger partial charge < -0.3 is 10.2 Å². The van der Waals surface area contributed by atoms with Crippen molar-refractivity contribution >= 4 is 40.5 Å². The molecule has 0 radical (unpaired) electrons. The molecule has 0 saturated carbocycles. The van der Waals surface area contributed by atoms with Crippen LogP contribution < -0.4 is 10.2 Å². The average Bonchev–Trinajstić information content (AvgIpc) is 2.78. The summed E-state index contributed by atoms with van der Waals surface area (Å²) in [5, 5.41) is 4.41. The second-order valence-corrected chi connectivity index (χ2v) is 9.09. The Morgan fingerprint density at radius 3 is 2.31 bits per heavy atom. The van der Waals surface area contributed by atoms with Gasteiger partial charge in [0.15, 0.2) is 0 Å². The van der Waals surface area contributed by atoms with Gasteiger partial charge in [-0.3, -0.25) is 9.69 Å². The fraction of sp³-hybridized carbons (Fsp3) is 0.269. The number of rotatable bonds is 5. The van der Waals surface area contributed by atoms with Crippen molar-refractivity contribution in [2.45, 2.75) is 20.4 Å². The van der Waals surface area contributed by atoms with Crippen LogP contribution in [0.2, 0.25) is 10.0 Å². The van der Waals surface area contributed by atoms with E-state index in [1.165, 1.54) is 5.56 Å². The number of carbonyl (C=O) groups excluding carboxylic acids is 1. The largest absolute Gasteiger partial charge is 0.368 e. The smallest absolute Gasteiger partial charge is 0.255 e. The van der Waals surface area contributed by atoms with Gasteiger partial charge >= 0.3 is 0 Å². The van der Waals surface area contributed by atoms with Crippen molar-refractivity contribution in [3.05, 3.63) is 93.0 Å². The molecule has 1 fully saturated rings. The van der Waals surface area contributed by atoms with Gasteiger partial charge in [-0.2, -0.15) is 0 Å². The highest BCUT2D eigenvalue weighted by molar-refractivity contribution is 6.33. The highest BCUT2D eigenvalue weighted by atomic mass is 35.5. The Morgan fingerprint density at radius 1 is 0.875 bits per heavy atom. The molecular weight excluding hydrogens is 441 g/mol. The van der Waals surface area contributed by atoms with Crippen molar-refractivity contribution in [1.82, 2.24) is 4.90 Å². The third-order valence-electron chi connectivity index (χ3n) is 6.04. The van der Waals surface area contributed by atoms with Gasteiger partial charge in [0.25, 0.3) is 5.91 Å². The third-order valence-corrected chi connectivity index (χ3v) is 6.71. The van der Waals surface area contributed by atoms with Crippen LogP contribution in [-0.4, -0.2) is 37.0 Å². The second-order valence-electron chi connectivity index (χ2n) is 8.27. The number of anilines is 2. The van der Waals surface area contributed by atoms with E-state index in [9.17, 15) is 4.79 Å². The summed E-state index contributed by atoms with van der Waals surface area (Å²) in [6.45, 7) is 8.54. The summed E-state index contributed by atoms with van der Waals surface area (Å²) in [6.07, 6.45) is 0. The van der Waals surface area contributed by atoms with Crippen molar-refractivity contribution in [2.24, 2.45) is 0 Å². The molecule has 3 aromatic carbocycles. The van der Waals surface area contributed by atoms with E-state index in [1.807, 2.05) is 68.4 Å². The van der Waals surface area contributed by atoms with Gasteiger partial charge in [0, 0.05) is 49.0 Å². The normalized spacial score (nSPS) is 14.4. The van der Waals surface area contributed by atoms with Crippen molar-refractivity contribution in [1.29, 1.82) is 0 Å². The first kappa shape index (κ1) is 22.7. The number of benzene rings is 3. The number of hydrogen-bond acceptors (Lipinski definition) is 3.